The van der Waals surface area contributed by atoms with Gasteiger partial charge in [0.1, 0.15) is 11.4 Å². The van der Waals surface area contributed by atoms with Crippen LogP contribution in [0.15, 0.2) is 86.0 Å². The van der Waals surface area contributed by atoms with E-state index in [9.17, 15) is 22.8 Å². The van der Waals surface area contributed by atoms with Crippen molar-refractivity contribution >= 4 is 11.9 Å². The first-order chi connectivity index (χ1) is 26.0. The molecule has 1 saturated carbocycles. The van der Waals surface area contributed by atoms with Crippen molar-refractivity contribution in [3.05, 3.63) is 108 Å². The number of carboxylic acid groups (broad SMARTS) is 2. The van der Waals surface area contributed by atoms with E-state index in [4.69, 9.17) is 10.2 Å². The highest BCUT2D eigenvalue weighted by molar-refractivity contribution is 5.89. The molecular weight excluding hydrogens is 701 g/mol. The summed E-state index contributed by atoms with van der Waals surface area (Å²) in [4.78, 5) is 44.0. The molecule has 1 unspecified atom stereocenters. The summed E-state index contributed by atoms with van der Waals surface area (Å²) in [6.45, 7) is 7.75. The third-order valence-corrected chi connectivity index (χ3v) is 9.84. The number of aromatic nitrogens is 6. The maximum Gasteiger partial charge on any atom is 0.416 e. The number of pyridine rings is 2. The molecule has 4 aromatic heterocycles. The molecule has 1 aliphatic heterocycles. The van der Waals surface area contributed by atoms with Gasteiger partial charge >= 0.3 is 18.1 Å². The van der Waals surface area contributed by atoms with Crippen molar-refractivity contribution in [2.75, 3.05) is 26.2 Å². The minimum absolute atomic E-state index is 0.142. The summed E-state index contributed by atoms with van der Waals surface area (Å²) in [6.07, 6.45) is 11.3. The van der Waals surface area contributed by atoms with Gasteiger partial charge in [-0.3, -0.25) is 19.8 Å². The molecule has 1 aromatic carbocycles. The van der Waals surface area contributed by atoms with Crippen molar-refractivity contribution in [1.82, 2.24) is 38.9 Å². The van der Waals surface area contributed by atoms with Crippen molar-refractivity contribution in [1.29, 1.82) is 0 Å². The number of benzene rings is 1. The van der Waals surface area contributed by atoms with Gasteiger partial charge in [-0.2, -0.15) is 13.2 Å². The second kappa shape index (κ2) is 17.2. The molecule has 0 amide bonds. The van der Waals surface area contributed by atoms with E-state index in [1.165, 1.54) is 75.0 Å². The van der Waals surface area contributed by atoms with E-state index in [2.05, 4.69) is 34.3 Å². The fourth-order valence-electron chi connectivity index (χ4n) is 6.69. The standard InChI is InChI=1S/C21H21F3N4O2.C18H22N4O2/c1-2-27(12-15-3-5-17(6-4-15)21(22,23)24)9-10-28-13-19(26-14-28)18-11-16(20(29)30)7-8-25-18;23-18(24)14-5-6-19-15(10-14)16-11-21(12-20-16)8-9-22-7-1-2-17(22)13-3-4-13/h3-8,11,13-14H,2,9-10,12H2,1H3,(H,29,30);5-6,10-13,17H,1-4,7-9H2,(H,23,24). The summed E-state index contributed by atoms with van der Waals surface area (Å²) in [5.74, 6) is -1.04. The molecule has 5 heterocycles. The van der Waals surface area contributed by atoms with Gasteiger partial charge in [-0.05, 0) is 86.7 Å². The lowest BCUT2D eigenvalue weighted by molar-refractivity contribution is -0.137. The number of carbonyl (C=O) groups is 2. The van der Waals surface area contributed by atoms with Crippen LogP contribution in [0.4, 0.5) is 13.2 Å². The number of hydrogen-bond acceptors (Lipinski definition) is 8. The van der Waals surface area contributed by atoms with Gasteiger partial charge in [0.2, 0.25) is 0 Å². The van der Waals surface area contributed by atoms with Gasteiger partial charge in [-0.25, -0.2) is 19.6 Å². The van der Waals surface area contributed by atoms with Crippen LogP contribution in [0, 0.1) is 5.92 Å². The third-order valence-electron chi connectivity index (χ3n) is 9.84. The van der Waals surface area contributed by atoms with Crippen LogP contribution in [0.25, 0.3) is 22.8 Å². The van der Waals surface area contributed by atoms with Crippen molar-refractivity contribution in [2.24, 2.45) is 5.92 Å². The number of carboxylic acids is 2. The molecule has 0 radical (unpaired) electrons. The molecule has 15 heteroatoms. The highest BCUT2D eigenvalue weighted by Crippen LogP contribution is 2.40. The van der Waals surface area contributed by atoms with Crippen molar-refractivity contribution in [2.45, 2.75) is 64.5 Å². The number of aromatic carboxylic acids is 2. The highest BCUT2D eigenvalue weighted by Gasteiger charge is 2.37. The normalized spacial score (nSPS) is 16.0. The Kier molecular flexibility index (Phi) is 12.2. The van der Waals surface area contributed by atoms with E-state index in [1.807, 2.05) is 24.0 Å². The van der Waals surface area contributed by atoms with E-state index in [1.54, 1.807) is 18.6 Å². The van der Waals surface area contributed by atoms with E-state index >= 15 is 0 Å². The second-order valence-corrected chi connectivity index (χ2v) is 13.6. The number of likely N-dealkylation sites (tertiary alicyclic amines) is 1. The first kappa shape index (κ1) is 38.3. The smallest absolute Gasteiger partial charge is 0.416 e. The Labute approximate surface area is 311 Å². The number of hydrogen-bond donors (Lipinski definition) is 2. The van der Waals surface area contributed by atoms with Gasteiger partial charge in [0.05, 0.1) is 40.7 Å². The van der Waals surface area contributed by atoms with Gasteiger partial charge in [-0.1, -0.05) is 19.1 Å². The molecule has 2 N–H and O–H groups in total. The van der Waals surface area contributed by atoms with Crippen molar-refractivity contribution in [3.8, 4) is 22.8 Å². The van der Waals surface area contributed by atoms with E-state index in [0.717, 1.165) is 55.0 Å². The molecule has 54 heavy (non-hydrogen) atoms. The Bertz CT molecular complexity index is 2030. The molecule has 7 rings (SSSR count). The lowest BCUT2D eigenvalue weighted by Crippen LogP contribution is -2.33. The summed E-state index contributed by atoms with van der Waals surface area (Å²) < 4.78 is 42.0. The Morgan fingerprint density at radius 2 is 1.35 bits per heavy atom. The van der Waals surface area contributed by atoms with Crippen LogP contribution in [-0.4, -0.2) is 93.2 Å². The SMILES string of the molecule is CCN(CCn1cnc(-c2cc(C(=O)O)ccn2)c1)Cc1ccc(C(F)(F)F)cc1.O=C(O)c1ccnc(-c2cn(CCN3CCCC3C3CC3)cn2)c1. The zero-order valence-electron chi connectivity index (χ0n) is 29.9. The lowest BCUT2D eigenvalue weighted by Gasteiger charge is -2.24. The van der Waals surface area contributed by atoms with Crippen molar-refractivity contribution < 1.29 is 33.0 Å². The number of likely N-dealkylation sites (N-methyl/N-ethyl adjacent to an activating group) is 1. The second-order valence-electron chi connectivity index (χ2n) is 13.6. The lowest BCUT2D eigenvalue weighted by atomic mass is 10.1. The zero-order chi connectivity index (χ0) is 38.2. The summed E-state index contributed by atoms with van der Waals surface area (Å²) >= 11 is 0. The van der Waals surface area contributed by atoms with Crippen LogP contribution in [0.5, 0.6) is 0 Å². The van der Waals surface area contributed by atoms with Gasteiger partial charge in [0.25, 0.3) is 0 Å². The fraction of sp³-hybridized carbons (Fsp3) is 0.385. The Hall–Kier alpha value is -5.41. The number of halogens is 3. The monoisotopic (exact) mass is 744 g/mol. The molecule has 1 saturated heterocycles. The average molecular weight is 745 g/mol. The third kappa shape index (κ3) is 10.2. The maximum atomic E-state index is 12.7. The van der Waals surface area contributed by atoms with Crippen LogP contribution in [0.3, 0.4) is 0 Å². The number of imidazole rings is 2. The van der Waals surface area contributed by atoms with Gasteiger partial charge < -0.3 is 19.3 Å². The molecular formula is C39H43F3N8O4. The minimum atomic E-state index is -4.33. The average Bonchev–Trinajstić information content (AvgIpc) is 3.50. The molecule has 1 aliphatic carbocycles. The molecule has 0 spiro atoms. The van der Waals surface area contributed by atoms with Crippen LogP contribution in [0.1, 0.15) is 64.4 Å². The molecule has 2 fully saturated rings. The number of rotatable bonds is 14. The maximum absolute atomic E-state index is 12.7. The zero-order valence-corrected chi connectivity index (χ0v) is 29.9. The Morgan fingerprint density at radius 1 is 0.778 bits per heavy atom. The Balaban J connectivity index is 0.000000188. The molecule has 284 valence electrons. The quantitative estimate of drug-likeness (QED) is 0.126. The molecule has 12 nitrogen and oxygen atoms in total. The molecule has 0 bridgehead atoms. The van der Waals surface area contributed by atoms with Crippen LogP contribution in [0.2, 0.25) is 0 Å². The summed E-state index contributed by atoms with van der Waals surface area (Å²) in [6, 6.07) is 12.0. The largest absolute Gasteiger partial charge is 0.478 e. The molecule has 5 aromatic rings. The fourth-order valence-corrected chi connectivity index (χ4v) is 6.69. The highest BCUT2D eigenvalue weighted by atomic mass is 19.4. The summed E-state index contributed by atoms with van der Waals surface area (Å²) in [5.41, 5.74) is 2.91. The first-order valence-electron chi connectivity index (χ1n) is 18.0. The summed E-state index contributed by atoms with van der Waals surface area (Å²) in [7, 11) is 0. The van der Waals surface area contributed by atoms with E-state index < -0.39 is 23.7 Å². The molecule has 1 atom stereocenters. The predicted octanol–water partition coefficient (Wildman–Crippen LogP) is 6.70. The summed E-state index contributed by atoms with van der Waals surface area (Å²) in [5, 5.41) is 18.2. The van der Waals surface area contributed by atoms with Crippen molar-refractivity contribution in [3.63, 3.8) is 0 Å². The van der Waals surface area contributed by atoms with Gasteiger partial charge in [0.15, 0.2) is 0 Å². The van der Waals surface area contributed by atoms with Crippen LogP contribution >= 0.6 is 0 Å². The first-order valence-corrected chi connectivity index (χ1v) is 18.0. The number of alkyl halides is 3. The minimum Gasteiger partial charge on any atom is -0.478 e. The van der Waals surface area contributed by atoms with E-state index in [0.29, 0.717) is 36.7 Å². The number of nitrogens with zero attached hydrogens (tertiary/aromatic N) is 8. The van der Waals surface area contributed by atoms with Crippen LogP contribution < -0.4 is 0 Å². The molecule has 2 aliphatic rings. The van der Waals surface area contributed by atoms with Gasteiger partial charge in [-0.15, -0.1) is 0 Å². The Morgan fingerprint density at radius 3 is 1.87 bits per heavy atom. The topological polar surface area (TPSA) is 142 Å². The van der Waals surface area contributed by atoms with Gasteiger partial charge in [0, 0.05) is 63.6 Å². The van der Waals surface area contributed by atoms with E-state index in [-0.39, 0.29) is 11.1 Å². The van der Waals surface area contributed by atoms with Crippen LogP contribution in [-0.2, 0) is 25.8 Å². The predicted molar refractivity (Wildman–Crippen MR) is 195 cm³/mol.